The molecule has 1 aromatic heterocycles. The van der Waals surface area contributed by atoms with E-state index in [1.54, 1.807) is 27.1 Å². The maximum Gasteiger partial charge on any atom is 0.309 e. The van der Waals surface area contributed by atoms with Crippen LogP contribution in [0.2, 0.25) is 0 Å². The minimum absolute atomic E-state index is 0.240. The number of carboxylic acid groups (broad SMARTS) is 1. The van der Waals surface area contributed by atoms with Crippen molar-refractivity contribution in [1.82, 2.24) is 15.1 Å². The average molecular weight is 315 g/mol. The van der Waals surface area contributed by atoms with Crippen LogP contribution in [0.5, 0.6) is 0 Å². The van der Waals surface area contributed by atoms with Gasteiger partial charge in [0.2, 0.25) is 0 Å². The molecule has 0 aliphatic rings. The molecule has 0 radical (unpaired) electrons. The van der Waals surface area contributed by atoms with Gasteiger partial charge in [0, 0.05) is 25.4 Å². The maximum atomic E-state index is 12.4. The lowest BCUT2D eigenvalue weighted by Crippen LogP contribution is -2.29. The van der Waals surface area contributed by atoms with Crippen molar-refractivity contribution in [1.29, 1.82) is 0 Å². The van der Waals surface area contributed by atoms with E-state index >= 15 is 0 Å². The van der Waals surface area contributed by atoms with Crippen LogP contribution < -0.4 is 5.32 Å². The molecular weight excluding hydrogens is 294 g/mol. The number of hydrogen-bond acceptors (Lipinski definition) is 3. The third kappa shape index (κ3) is 4.18. The molecule has 122 valence electrons. The molecule has 0 saturated heterocycles. The molecule has 6 nitrogen and oxygen atoms in total. The summed E-state index contributed by atoms with van der Waals surface area (Å²) in [6.45, 7) is 3.67. The Morgan fingerprint density at radius 2 is 1.91 bits per heavy atom. The van der Waals surface area contributed by atoms with Gasteiger partial charge in [0.1, 0.15) is 0 Å². The molecule has 6 heteroatoms. The molecule has 1 aromatic carbocycles. The summed E-state index contributed by atoms with van der Waals surface area (Å²) in [5, 5.41) is 16.3. The fourth-order valence-electron chi connectivity index (χ4n) is 2.27. The van der Waals surface area contributed by atoms with Gasteiger partial charge in [-0.25, -0.2) is 0 Å². The normalized spacial score (nSPS) is 11.3. The SMILES string of the molecule is Cn1cc(CC(C)(C)C(=O)O)c(C(=O)NCc2ccccc2)n1. The van der Waals surface area contributed by atoms with Gasteiger partial charge in [0.15, 0.2) is 5.69 Å². The molecule has 0 aliphatic carbocycles. The third-order valence-corrected chi connectivity index (χ3v) is 3.63. The van der Waals surface area contributed by atoms with Gasteiger partial charge in [0.25, 0.3) is 5.91 Å². The predicted octanol–water partition coefficient (Wildman–Crippen LogP) is 2.00. The Balaban J connectivity index is 2.13. The number of aliphatic carboxylic acids is 1. The summed E-state index contributed by atoms with van der Waals surface area (Å²) in [6.07, 6.45) is 1.94. The number of nitrogens with one attached hydrogen (secondary N) is 1. The summed E-state index contributed by atoms with van der Waals surface area (Å²) >= 11 is 0. The van der Waals surface area contributed by atoms with E-state index in [-0.39, 0.29) is 18.0 Å². The quantitative estimate of drug-likeness (QED) is 0.854. The Morgan fingerprint density at radius 3 is 2.52 bits per heavy atom. The summed E-state index contributed by atoms with van der Waals surface area (Å²) in [6, 6.07) is 9.57. The minimum atomic E-state index is -0.961. The van der Waals surface area contributed by atoms with Crippen LogP contribution >= 0.6 is 0 Å². The van der Waals surface area contributed by atoms with Crippen LogP contribution in [0.3, 0.4) is 0 Å². The number of aryl methyl sites for hydroxylation is 1. The molecule has 2 N–H and O–H groups in total. The highest BCUT2D eigenvalue weighted by atomic mass is 16.4. The Labute approximate surface area is 135 Å². The van der Waals surface area contributed by atoms with Crippen LogP contribution in [-0.4, -0.2) is 26.8 Å². The van der Waals surface area contributed by atoms with Crippen molar-refractivity contribution in [3.05, 3.63) is 53.3 Å². The van der Waals surface area contributed by atoms with Crippen molar-refractivity contribution >= 4 is 11.9 Å². The molecular formula is C17H21N3O3. The monoisotopic (exact) mass is 315 g/mol. The summed E-state index contributed by atoms with van der Waals surface area (Å²) in [5.74, 6) is -1.21. The second-order valence-corrected chi connectivity index (χ2v) is 6.21. The van der Waals surface area contributed by atoms with Crippen LogP contribution in [0.4, 0.5) is 0 Å². The summed E-state index contributed by atoms with van der Waals surface area (Å²) in [4.78, 5) is 23.7. The number of nitrogens with zero attached hydrogens (tertiary/aromatic N) is 2. The molecule has 1 heterocycles. The van der Waals surface area contributed by atoms with Crippen molar-refractivity contribution in [3.63, 3.8) is 0 Å². The number of carbonyl (C=O) groups is 2. The van der Waals surface area contributed by atoms with Gasteiger partial charge in [0.05, 0.1) is 5.41 Å². The largest absolute Gasteiger partial charge is 0.481 e. The predicted molar refractivity (Wildman–Crippen MR) is 85.9 cm³/mol. The van der Waals surface area contributed by atoms with Gasteiger partial charge in [-0.15, -0.1) is 0 Å². The van der Waals surface area contributed by atoms with E-state index in [0.29, 0.717) is 12.1 Å². The highest BCUT2D eigenvalue weighted by molar-refractivity contribution is 5.93. The van der Waals surface area contributed by atoms with E-state index in [1.807, 2.05) is 30.3 Å². The van der Waals surface area contributed by atoms with E-state index < -0.39 is 11.4 Å². The van der Waals surface area contributed by atoms with Gasteiger partial charge in [-0.3, -0.25) is 14.3 Å². The van der Waals surface area contributed by atoms with E-state index in [4.69, 9.17) is 0 Å². The fourth-order valence-corrected chi connectivity index (χ4v) is 2.27. The number of carbonyl (C=O) groups excluding carboxylic acids is 1. The zero-order chi connectivity index (χ0) is 17.0. The van der Waals surface area contributed by atoms with E-state index in [2.05, 4.69) is 10.4 Å². The molecule has 2 rings (SSSR count). The molecule has 1 amide bonds. The van der Waals surface area contributed by atoms with Crippen LogP contribution in [0.15, 0.2) is 36.5 Å². The van der Waals surface area contributed by atoms with Crippen LogP contribution in [0, 0.1) is 5.41 Å². The van der Waals surface area contributed by atoms with Gasteiger partial charge in [-0.2, -0.15) is 5.10 Å². The van der Waals surface area contributed by atoms with E-state index in [9.17, 15) is 14.7 Å². The Hall–Kier alpha value is -2.63. The second kappa shape index (κ2) is 6.64. The number of aromatic nitrogens is 2. The summed E-state index contributed by atoms with van der Waals surface area (Å²) in [5.41, 5.74) is 0.935. The smallest absolute Gasteiger partial charge is 0.309 e. The molecule has 0 fully saturated rings. The van der Waals surface area contributed by atoms with Crippen LogP contribution in [0.25, 0.3) is 0 Å². The topological polar surface area (TPSA) is 84.2 Å². The van der Waals surface area contributed by atoms with Crippen LogP contribution in [0.1, 0.15) is 35.5 Å². The first kappa shape index (κ1) is 16.7. The van der Waals surface area contributed by atoms with Crippen molar-refractivity contribution in [2.24, 2.45) is 12.5 Å². The van der Waals surface area contributed by atoms with E-state index in [0.717, 1.165) is 5.56 Å². The number of rotatable bonds is 6. The lowest BCUT2D eigenvalue weighted by atomic mass is 9.86. The number of amides is 1. The average Bonchev–Trinajstić information content (AvgIpc) is 2.85. The van der Waals surface area contributed by atoms with Crippen molar-refractivity contribution in [2.75, 3.05) is 0 Å². The molecule has 0 unspecified atom stereocenters. The zero-order valence-electron chi connectivity index (χ0n) is 13.5. The Morgan fingerprint density at radius 1 is 1.26 bits per heavy atom. The van der Waals surface area contributed by atoms with Crippen molar-refractivity contribution < 1.29 is 14.7 Å². The van der Waals surface area contributed by atoms with Gasteiger partial charge in [-0.1, -0.05) is 30.3 Å². The summed E-state index contributed by atoms with van der Waals surface area (Å²) < 4.78 is 1.53. The third-order valence-electron chi connectivity index (χ3n) is 3.63. The van der Waals surface area contributed by atoms with Gasteiger partial charge >= 0.3 is 5.97 Å². The van der Waals surface area contributed by atoms with Gasteiger partial charge < -0.3 is 10.4 Å². The molecule has 0 atom stereocenters. The first-order valence-electron chi connectivity index (χ1n) is 7.37. The molecule has 0 bridgehead atoms. The second-order valence-electron chi connectivity index (χ2n) is 6.21. The lowest BCUT2D eigenvalue weighted by molar-refractivity contribution is -0.146. The van der Waals surface area contributed by atoms with Gasteiger partial charge in [-0.05, 0) is 25.8 Å². The number of carboxylic acids is 1. The molecule has 0 aliphatic heterocycles. The highest BCUT2D eigenvalue weighted by Crippen LogP contribution is 2.23. The molecule has 2 aromatic rings. The molecule has 0 spiro atoms. The number of hydrogen-bond donors (Lipinski definition) is 2. The van der Waals surface area contributed by atoms with E-state index in [1.165, 1.54) is 4.68 Å². The first-order valence-corrected chi connectivity index (χ1v) is 7.37. The standard InChI is InChI=1S/C17H21N3O3/c1-17(2,16(22)23)9-13-11-20(3)19-14(13)15(21)18-10-12-7-5-4-6-8-12/h4-8,11H,9-10H2,1-3H3,(H,18,21)(H,22,23). The first-order chi connectivity index (χ1) is 10.8. The Kier molecular flexibility index (Phi) is 4.83. The Bertz CT molecular complexity index is 705. The fraction of sp³-hybridized carbons (Fsp3) is 0.353. The van der Waals surface area contributed by atoms with Crippen molar-refractivity contribution in [3.8, 4) is 0 Å². The molecule has 23 heavy (non-hydrogen) atoms. The lowest BCUT2D eigenvalue weighted by Gasteiger charge is -2.18. The summed E-state index contributed by atoms with van der Waals surface area (Å²) in [7, 11) is 1.71. The molecule has 0 saturated carbocycles. The van der Waals surface area contributed by atoms with Crippen LogP contribution in [-0.2, 0) is 24.8 Å². The zero-order valence-corrected chi connectivity index (χ0v) is 13.5. The maximum absolute atomic E-state index is 12.4. The highest BCUT2D eigenvalue weighted by Gasteiger charge is 2.30. The minimum Gasteiger partial charge on any atom is -0.481 e. The van der Waals surface area contributed by atoms with Crippen molar-refractivity contribution in [2.45, 2.75) is 26.8 Å². The number of benzene rings is 1.